The molecule has 196 valence electrons. The van der Waals surface area contributed by atoms with E-state index in [0.29, 0.717) is 35.5 Å². The molecule has 0 unspecified atom stereocenters. The second kappa shape index (κ2) is 11.2. The maximum Gasteiger partial charge on any atom is 0.336 e. The Bertz CT molecular complexity index is 1760. The van der Waals surface area contributed by atoms with E-state index in [0.717, 1.165) is 10.1 Å². The van der Waals surface area contributed by atoms with Gasteiger partial charge in [-0.3, -0.25) is 14.2 Å². The highest BCUT2D eigenvalue weighted by Crippen LogP contribution is 2.17. The zero-order chi connectivity index (χ0) is 27.4. The molecule has 8 heteroatoms. The Morgan fingerprint density at radius 1 is 0.872 bits per heavy atom. The number of carbonyl (C=O) groups is 1. The highest BCUT2D eigenvalue weighted by atomic mass is 19.1. The number of rotatable bonds is 8. The quantitative estimate of drug-likeness (QED) is 0.329. The number of fused-ring (bicyclic) bond motifs is 1. The molecule has 0 aliphatic carbocycles. The lowest BCUT2D eigenvalue weighted by Gasteiger charge is -2.16. The Balaban J connectivity index is 1.57. The minimum Gasteiger partial charge on any atom is -0.497 e. The van der Waals surface area contributed by atoms with Gasteiger partial charge in [-0.2, -0.15) is 0 Å². The molecule has 1 aromatic heterocycles. The molecule has 0 spiro atoms. The molecule has 7 nitrogen and oxygen atoms in total. The molecule has 0 aliphatic heterocycles. The standard InChI is InChI=1S/C31H26FN3O4/c1-39-26-13-11-25(12-14-26)35-30(37)27-15-10-23(29(36)33-17-16-21-6-3-2-4-7-21)19-28(27)34(31(35)38)20-22-8-5-9-24(32)18-22/h2-15,18-19H,16-17,20H2,1H3,(H,33,36). The van der Waals surface area contributed by atoms with Crippen molar-refractivity contribution in [1.29, 1.82) is 0 Å². The van der Waals surface area contributed by atoms with E-state index in [4.69, 9.17) is 4.74 Å². The molecule has 0 fully saturated rings. The number of aromatic nitrogens is 2. The molecule has 0 aliphatic rings. The summed E-state index contributed by atoms with van der Waals surface area (Å²) < 4.78 is 21.6. The topological polar surface area (TPSA) is 82.3 Å². The summed E-state index contributed by atoms with van der Waals surface area (Å²) >= 11 is 0. The molecule has 0 bridgehead atoms. The third-order valence-corrected chi connectivity index (χ3v) is 6.51. The Morgan fingerprint density at radius 2 is 1.62 bits per heavy atom. The van der Waals surface area contributed by atoms with Crippen LogP contribution in [0.3, 0.4) is 0 Å². The summed E-state index contributed by atoms with van der Waals surface area (Å²) in [6.45, 7) is 0.429. The van der Waals surface area contributed by atoms with Crippen LogP contribution < -0.4 is 21.3 Å². The number of methoxy groups -OCH3 is 1. The minimum atomic E-state index is -0.608. The zero-order valence-electron chi connectivity index (χ0n) is 21.3. The van der Waals surface area contributed by atoms with Crippen LogP contribution in [-0.4, -0.2) is 28.7 Å². The number of nitrogens with zero attached hydrogens (tertiary/aromatic N) is 2. The minimum absolute atomic E-state index is 0.00259. The maximum atomic E-state index is 14.0. The van der Waals surface area contributed by atoms with Crippen molar-refractivity contribution in [2.24, 2.45) is 0 Å². The summed E-state index contributed by atoms with van der Waals surface area (Å²) in [6.07, 6.45) is 0.664. The molecule has 5 rings (SSSR count). The molecular formula is C31H26FN3O4. The van der Waals surface area contributed by atoms with Crippen molar-refractivity contribution in [3.05, 3.63) is 140 Å². The molecule has 4 aromatic carbocycles. The van der Waals surface area contributed by atoms with Crippen molar-refractivity contribution >= 4 is 16.8 Å². The normalized spacial score (nSPS) is 10.9. The van der Waals surface area contributed by atoms with Crippen molar-refractivity contribution < 1.29 is 13.9 Å². The lowest BCUT2D eigenvalue weighted by atomic mass is 10.1. The number of nitrogens with one attached hydrogen (secondary N) is 1. The fourth-order valence-electron chi connectivity index (χ4n) is 4.50. The van der Waals surface area contributed by atoms with Crippen LogP contribution in [0.5, 0.6) is 5.75 Å². The Hall–Kier alpha value is -4.98. The lowest BCUT2D eigenvalue weighted by molar-refractivity contribution is 0.0954. The number of halogens is 1. The molecule has 0 saturated heterocycles. The van der Waals surface area contributed by atoms with Crippen LogP contribution in [0.4, 0.5) is 4.39 Å². The van der Waals surface area contributed by atoms with E-state index in [-0.39, 0.29) is 23.4 Å². The van der Waals surface area contributed by atoms with Crippen molar-refractivity contribution in [2.75, 3.05) is 13.7 Å². The number of ether oxygens (including phenoxy) is 1. The van der Waals surface area contributed by atoms with E-state index in [1.165, 1.54) is 29.9 Å². The van der Waals surface area contributed by atoms with E-state index in [2.05, 4.69) is 5.32 Å². The van der Waals surface area contributed by atoms with Gasteiger partial charge in [-0.1, -0.05) is 42.5 Å². The smallest absolute Gasteiger partial charge is 0.336 e. The second-order valence-electron chi connectivity index (χ2n) is 9.06. The van der Waals surface area contributed by atoms with Crippen LogP contribution in [0.1, 0.15) is 21.5 Å². The molecule has 1 heterocycles. The Morgan fingerprint density at radius 3 is 2.33 bits per heavy atom. The van der Waals surface area contributed by atoms with Gasteiger partial charge in [0.2, 0.25) is 0 Å². The van der Waals surface area contributed by atoms with Crippen LogP contribution in [0, 0.1) is 5.82 Å². The molecule has 0 radical (unpaired) electrons. The molecule has 39 heavy (non-hydrogen) atoms. The monoisotopic (exact) mass is 523 g/mol. The van der Waals surface area contributed by atoms with E-state index in [1.54, 1.807) is 48.5 Å². The number of hydrogen-bond acceptors (Lipinski definition) is 4. The fourth-order valence-corrected chi connectivity index (χ4v) is 4.50. The predicted octanol–water partition coefficient (Wildman–Crippen LogP) is 4.32. The van der Waals surface area contributed by atoms with E-state index < -0.39 is 17.1 Å². The van der Waals surface area contributed by atoms with Gasteiger partial charge in [0.05, 0.1) is 30.2 Å². The summed E-state index contributed by atoms with van der Waals surface area (Å²) in [7, 11) is 1.53. The lowest BCUT2D eigenvalue weighted by Crippen LogP contribution is -2.39. The average molecular weight is 524 g/mol. The average Bonchev–Trinajstić information content (AvgIpc) is 2.96. The molecule has 1 N–H and O–H groups in total. The maximum absolute atomic E-state index is 14.0. The summed E-state index contributed by atoms with van der Waals surface area (Å²) in [5.41, 5.74) is 1.47. The molecular weight excluding hydrogens is 497 g/mol. The van der Waals surface area contributed by atoms with Gasteiger partial charge >= 0.3 is 5.69 Å². The second-order valence-corrected chi connectivity index (χ2v) is 9.06. The van der Waals surface area contributed by atoms with E-state index >= 15 is 0 Å². The number of amides is 1. The SMILES string of the molecule is COc1ccc(-n2c(=O)c3ccc(C(=O)NCCc4ccccc4)cc3n(Cc3cccc(F)c3)c2=O)cc1. The summed E-state index contributed by atoms with van der Waals surface area (Å²) in [5, 5.41) is 3.15. The van der Waals surface area contributed by atoms with Crippen molar-refractivity contribution in [2.45, 2.75) is 13.0 Å². The Labute approximate surface area is 223 Å². The van der Waals surface area contributed by atoms with Gasteiger partial charge in [0.1, 0.15) is 11.6 Å². The first kappa shape index (κ1) is 25.7. The first-order chi connectivity index (χ1) is 18.9. The number of hydrogen-bond donors (Lipinski definition) is 1. The van der Waals surface area contributed by atoms with Gasteiger partial charge in [0.25, 0.3) is 11.5 Å². The largest absolute Gasteiger partial charge is 0.497 e. The van der Waals surface area contributed by atoms with Gasteiger partial charge < -0.3 is 10.1 Å². The zero-order valence-corrected chi connectivity index (χ0v) is 21.3. The molecule has 0 atom stereocenters. The van der Waals surface area contributed by atoms with Gasteiger partial charge in [0, 0.05) is 12.1 Å². The van der Waals surface area contributed by atoms with Gasteiger partial charge in [-0.25, -0.2) is 13.8 Å². The summed E-state index contributed by atoms with van der Waals surface area (Å²) in [4.78, 5) is 40.3. The van der Waals surface area contributed by atoms with Crippen molar-refractivity contribution in [3.8, 4) is 11.4 Å². The van der Waals surface area contributed by atoms with Gasteiger partial charge in [-0.15, -0.1) is 0 Å². The van der Waals surface area contributed by atoms with Crippen LogP contribution in [0.2, 0.25) is 0 Å². The van der Waals surface area contributed by atoms with Crippen molar-refractivity contribution in [1.82, 2.24) is 14.5 Å². The van der Waals surface area contributed by atoms with E-state index in [1.807, 2.05) is 30.3 Å². The van der Waals surface area contributed by atoms with Crippen molar-refractivity contribution in [3.63, 3.8) is 0 Å². The number of benzene rings is 4. The van der Waals surface area contributed by atoms with Crippen LogP contribution in [0.15, 0.2) is 107 Å². The summed E-state index contributed by atoms with van der Waals surface area (Å²) in [6, 6.07) is 26.9. The Kier molecular flexibility index (Phi) is 7.36. The molecule has 5 aromatic rings. The third kappa shape index (κ3) is 5.50. The van der Waals surface area contributed by atoms with Crippen LogP contribution >= 0.6 is 0 Å². The summed E-state index contributed by atoms with van der Waals surface area (Å²) in [5.74, 6) is -0.181. The van der Waals surface area contributed by atoms with Crippen LogP contribution in [-0.2, 0) is 13.0 Å². The molecule has 0 saturated carbocycles. The highest BCUT2D eigenvalue weighted by molar-refractivity contribution is 5.97. The predicted molar refractivity (Wildman–Crippen MR) is 148 cm³/mol. The number of carbonyl (C=O) groups excluding carboxylic acids is 1. The van der Waals surface area contributed by atoms with E-state index in [9.17, 15) is 18.8 Å². The van der Waals surface area contributed by atoms with Gasteiger partial charge in [0.15, 0.2) is 0 Å². The first-order valence-corrected chi connectivity index (χ1v) is 12.5. The fraction of sp³-hybridized carbons (Fsp3) is 0.129. The third-order valence-electron chi connectivity index (χ3n) is 6.51. The first-order valence-electron chi connectivity index (χ1n) is 12.5. The molecule has 1 amide bonds. The van der Waals surface area contributed by atoms with Gasteiger partial charge in [-0.05, 0) is 72.1 Å². The van der Waals surface area contributed by atoms with Crippen LogP contribution in [0.25, 0.3) is 16.6 Å². The highest BCUT2D eigenvalue weighted by Gasteiger charge is 2.17.